The average molecular weight is 419 g/mol. The third-order valence-electron chi connectivity index (χ3n) is 3.73. The van der Waals surface area contributed by atoms with Crippen LogP contribution in [0, 0.1) is 13.8 Å². The van der Waals surface area contributed by atoms with Crippen LogP contribution < -0.4 is 0 Å². The first kappa shape index (κ1) is 21.6. The molecule has 0 N–H and O–H groups in total. The summed E-state index contributed by atoms with van der Waals surface area (Å²) in [4.78, 5) is 13.0. The maximum absolute atomic E-state index is 13.1. The lowest BCUT2D eigenvalue weighted by Crippen LogP contribution is -2.12. The van der Waals surface area contributed by atoms with Crippen molar-refractivity contribution in [3.63, 3.8) is 0 Å². The van der Waals surface area contributed by atoms with Crippen LogP contribution in [0.2, 0.25) is 0 Å². The number of alkyl halides is 1. The third kappa shape index (κ3) is 5.80. The van der Waals surface area contributed by atoms with Gasteiger partial charge in [0.25, 0.3) is 5.52 Å². The SMILES string of the molecule is CCCCOP(=O)(OCCCC)C(=O)c1c(C)cc(CBr)cc1C. The van der Waals surface area contributed by atoms with Gasteiger partial charge >= 0.3 is 7.60 Å². The lowest BCUT2D eigenvalue weighted by Gasteiger charge is -2.19. The zero-order valence-electron chi connectivity index (χ0n) is 15.1. The molecule has 1 aromatic carbocycles. The molecule has 6 heteroatoms. The number of hydrogen-bond donors (Lipinski definition) is 0. The number of halogens is 1. The van der Waals surface area contributed by atoms with Crippen molar-refractivity contribution < 1.29 is 18.4 Å². The highest BCUT2D eigenvalue weighted by Gasteiger charge is 2.37. The van der Waals surface area contributed by atoms with Gasteiger partial charge in [0.05, 0.1) is 13.2 Å². The van der Waals surface area contributed by atoms with E-state index in [4.69, 9.17) is 9.05 Å². The third-order valence-corrected chi connectivity index (χ3v) is 6.14. The second kappa shape index (κ2) is 10.5. The Hall–Kier alpha value is -0.480. The highest BCUT2D eigenvalue weighted by atomic mass is 79.9. The normalized spacial score (nSPS) is 11.7. The molecule has 0 aliphatic heterocycles. The Morgan fingerprint density at radius 3 is 1.88 bits per heavy atom. The van der Waals surface area contributed by atoms with E-state index in [2.05, 4.69) is 15.9 Å². The first-order valence-corrected chi connectivity index (χ1v) is 11.2. The first-order valence-electron chi connectivity index (χ1n) is 8.49. The van der Waals surface area contributed by atoms with E-state index in [0.717, 1.165) is 42.4 Å². The standard InChI is InChI=1S/C18H28BrO4P/c1-5-7-9-22-24(21,23-10-8-6-2)18(20)17-14(3)11-16(13-19)12-15(17)4/h11-12H,5-10,13H2,1-4H3. The molecule has 136 valence electrons. The van der Waals surface area contributed by atoms with Gasteiger partial charge in [-0.25, -0.2) is 0 Å². The van der Waals surface area contributed by atoms with E-state index in [1.807, 2.05) is 39.8 Å². The van der Waals surface area contributed by atoms with Crippen LogP contribution in [0.15, 0.2) is 12.1 Å². The number of carbonyl (C=O) groups is 1. The van der Waals surface area contributed by atoms with E-state index < -0.39 is 13.1 Å². The van der Waals surface area contributed by atoms with Crippen molar-refractivity contribution in [2.24, 2.45) is 0 Å². The van der Waals surface area contributed by atoms with Crippen LogP contribution in [0.25, 0.3) is 0 Å². The van der Waals surface area contributed by atoms with E-state index in [9.17, 15) is 9.36 Å². The summed E-state index contributed by atoms with van der Waals surface area (Å²) in [7, 11) is -3.82. The molecule has 0 fully saturated rings. The summed E-state index contributed by atoms with van der Waals surface area (Å²) >= 11 is 3.42. The van der Waals surface area contributed by atoms with Crippen molar-refractivity contribution in [2.45, 2.75) is 58.7 Å². The van der Waals surface area contributed by atoms with E-state index in [1.54, 1.807) is 0 Å². The molecule has 0 unspecified atom stereocenters. The molecule has 0 atom stereocenters. The maximum atomic E-state index is 13.1. The minimum atomic E-state index is -3.82. The summed E-state index contributed by atoms with van der Waals surface area (Å²) in [6.07, 6.45) is 3.30. The minimum absolute atomic E-state index is 0.267. The van der Waals surface area contributed by atoms with E-state index in [1.165, 1.54) is 0 Å². The highest BCUT2D eigenvalue weighted by Crippen LogP contribution is 2.52. The summed E-state index contributed by atoms with van der Waals surface area (Å²) < 4.78 is 24.1. The molecule has 0 saturated heterocycles. The number of carbonyl (C=O) groups excluding carboxylic acids is 1. The summed E-state index contributed by atoms with van der Waals surface area (Å²) in [5, 5.41) is 0.709. The van der Waals surface area contributed by atoms with Crippen molar-refractivity contribution in [1.29, 1.82) is 0 Å². The Bertz CT molecular complexity index is 564. The Morgan fingerprint density at radius 2 is 1.50 bits per heavy atom. The fourth-order valence-electron chi connectivity index (χ4n) is 2.42. The van der Waals surface area contributed by atoms with Crippen molar-refractivity contribution in [3.8, 4) is 0 Å². The molecule has 0 saturated carbocycles. The minimum Gasteiger partial charge on any atom is -0.303 e. The van der Waals surface area contributed by atoms with Crippen LogP contribution in [0.3, 0.4) is 0 Å². The summed E-state index contributed by atoms with van der Waals surface area (Å²) in [6, 6.07) is 3.86. The highest BCUT2D eigenvalue weighted by molar-refractivity contribution is 9.08. The lowest BCUT2D eigenvalue weighted by molar-refractivity contribution is 0.0990. The van der Waals surface area contributed by atoms with Gasteiger partial charge in [-0.15, -0.1) is 0 Å². The van der Waals surface area contributed by atoms with Crippen molar-refractivity contribution >= 4 is 29.1 Å². The first-order chi connectivity index (χ1) is 11.4. The molecule has 0 bridgehead atoms. The van der Waals surface area contributed by atoms with E-state index >= 15 is 0 Å². The Morgan fingerprint density at radius 1 is 1.04 bits per heavy atom. The molecule has 24 heavy (non-hydrogen) atoms. The summed E-state index contributed by atoms with van der Waals surface area (Å²) in [5.41, 5.74) is 2.61. The van der Waals surface area contributed by atoms with Crippen molar-refractivity contribution in [2.75, 3.05) is 13.2 Å². The molecule has 0 aromatic heterocycles. The monoisotopic (exact) mass is 418 g/mol. The second-order valence-electron chi connectivity index (χ2n) is 5.91. The van der Waals surface area contributed by atoms with Gasteiger partial charge in [0.2, 0.25) is 0 Å². The van der Waals surface area contributed by atoms with Crippen molar-refractivity contribution in [1.82, 2.24) is 0 Å². The molecule has 0 aliphatic carbocycles. The number of rotatable bonds is 11. The molecular formula is C18H28BrO4P. The molecule has 1 rings (SSSR count). The molecule has 0 aliphatic rings. The van der Waals surface area contributed by atoms with Crippen LogP contribution in [-0.4, -0.2) is 18.7 Å². The Balaban J connectivity index is 3.13. The van der Waals surface area contributed by atoms with Gasteiger partial charge in [-0.3, -0.25) is 9.36 Å². The van der Waals surface area contributed by atoms with Gasteiger partial charge in [0.1, 0.15) is 0 Å². The van der Waals surface area contributed by atoms with Crippen LogP contribution in [0.4, 0.5) is 0 Å². The van der Waals surface area contributed by atoms with Gasteiger partial charge in [-0.2, -0.15) is 0 Å². The lowest BCUT2D eigenvalue weighted by atomic mass is 10.0. The second-order valence-corrected chi connectivity index (χ2v) is 8.39. The Labute approximate surface area is 154 Å². The fraction of sp³-hybridized carbons (Fsp3) is 0.611. The van der Waals surface area contributed by atoms with Gasteiger partial charge in [-0.05, 0) is 43.4 Å². The van der Waals surface area contributed by atoms with Gasteiger partial charge in [0.15, 0.2) is 0 Å². The quantitative estimate of drug-likeness (QED) is 0.245. The van der Waals surface area contributed by atoms with Gasteiger partial charge in [-0.1, -0.05) is 54.8 Å². The van der Waals surface area contributed by atoms with Crippen molar-refractivity contribution in [3.05, 3.63) is 34.4 Å². The number of unbranched alkanes of at least 4 members (excludes halogenated alkanes) is 2. The van der Waals surface area contributed by atoms with Crippen LogP contribution in [-0.2, 0) is 18.9 Å². The predicted molar refractivity (Wildman–Crippen MR) is 102 cm³/mol. The van der Waals surface area contributed by atoms with Crippen LogP contribution >= 0.6 is 23.5 Å². The average Bonchev–Trinajstić information content (AvgIpc) is 2.54. The number of benzene rings is 1. The molecule has 0 radical (unpaired) electrons. The fourth-order valence-corrected chi connectivity index (χ4v) is 4.42. The van der Waals surface area contributed by atoms with Gasteiger partial charge < -0.3 is 9.05 Å². The molecule has 4 nitrogen and oxygen atoms in total. The summed E-state index contributed by atoms with van der Waals surface area (Å²) in [6.45, 7) is 8.28. The van der Waals surface area contributed by atoms with E-state index in [0.29, 0.717) is 10.9 Å². The summed E-state index contributed by atoms with van der Waals surface area (Å²) in [5.74, 6) is 0. The predicted octanol–water partition coefficient (Wildman–Crippen LogP) is 6.17. The molecular weight excluding hydrogens is 391 g/mol. The molecule has 1 aromatic rings. The zero-order valence-corrected chi connectivity index (χ0v) is 17.5. The molecule has 0 heterocycles. The van der Waals surface area contributed by atoms with Crippen LogP contribution in [0.5, 0.6) is 0 Å². The van der Waals surface area contributed by atoms with E-state index in [-0.39, 0.29) is 13.2 Å². The number of hydrogen-bond acceptors (Lipinski definition) is 4. The maximum Gasteiger partial charge on any atom is 0.401 e. The van der Waals surface area contributed by atoms with Gasteiger partial charge in [0, 0.05) is 10.9 Å². The Kier molecular flexibility index (Phi) is 9.43. The molecule has 0 amide bonds. The zero-order chi connectivity index (χ0) is 18.2. The largest absolute Gasteiger partial charge is 0.401 e. The van der Waals surface area contributed by atoms with Crippen LogP contribution in [0.1, 0.15) is 66.6 Å². The number of aryl methyl sites for hydroxylation is 2. The molecule has 0 spiro atoms. The smallest absolute Gasteiger partial charge is 0.303 e. The topological polar surface area (TPSA) is 52.6 Å².